The van der Waals surface area contributed by atoms with Gasteiger partial charge >= 0.3 is 0 Å². The van der Waals surface area contributed by atoms with Crippen LogP contribution in [0.15, 0.2) is 30.3 Å². The SMILES string of the molecule is CNC(=O)[C@H](Cc1ccccc1)NC(=O)[C@H](CC(C)C)NC(=O)C(C)S. The molecule has 6 nitrogen and oxygen atoms in total. The highest BCUT2D eigenvalue weighted by Gasteiger charge is 2.27. The maximum Gasteiger partial charge on any atom is 0.243 e. The van der Waals surface area contributed by atoms with E-state index < -0.39 is 17.3 Å². The number of benzene rings is 1. The summed E-state index contributed by atoms with van der Waals surface area (Å²) in [6, 6.07) is 8.04. The minimum Gasteiger partial charge on any atom is -0.357 e. The van der Waals surface area contributed by atoms with E-state index in [0.29, 0.717) is 12.8 Å². The zero-order chi connectivity index (χ0) is 19.7. The number of thiol groups is 1. The van der Waals surface area contributed by atoms with Crippen molar-refractivity contribution in [2.24, 2.45) is 5.92 Å². The average Bonchev–Trinajstić information content (AvgIpc) is 2.60. The van der Waals surface area contributed by atoms with Crippen LogP contribution in [0.2, 0.25) is 0 Å². The Morgan fingerprint density at radius 3 is 2.00 bits per heavy atom. The van der Waals surface area contributed by atoms with Crippen LogP contribution < -0.4 is 16.0 Å². The van der Waals surface area contributed by atoms with Crippen LogP contribution in [0.1, 0.15) is 32.8 Å². The molecule has 3 N–H and O–H groups in total. The van der Waals surface area contributed by atoms with Crippen LogP contribution in [-0.2, 0) is 20.8 Å². The highest BCUT2D eigenvalue weighted by molar-refractivity contribution is 7.81. The number of hydrogen-bond acceptors (Lipinski definition) is 4. The minimum absolute atomic E-state index is 0.203. The molecule has 0 spiro atoms. The van der Waals surface area contributed by atoms with Crippen molar-refractivity contribution in [2.45, 2.75) is 50.9 Å². The minimum atomic E-state index is -0.713. The number of nitrogens with one attached hydrogen (secondary N) is 3. The number of carbonyl (C=O) groups excluding carboxylic acids is 3. The monoisotopic (exact) mass is 379 g/mol. The van der Waals surface area contributed by atoms with E-state index in [1.807, 2.05) is 44.2 Å². The van der Waals surface area contributed by atoms with Gasteiger partial charge in [0.05, 0.1) is 5.25 Å². The fraction of sp³-hybridized carbons (Fsp3) is 0.526. The van der Waals surface area contributed by atoms with E-state index in [4.69, 9.17) is 0 Å². The molecule has 0 aliphatic heterocycles. The Kier molecular flexibility index (Phi) is 9.19. The van der Waals surface area contributed by atoms with E-state index in [9.17, 15) is 14.4 Å². The molecule has 0 aromatic heterocycles. The van der Waals surface area contributed by atoms with Crippen LogP contribution >= 0.6 is 12.6 Å². The third kappa shape index (κ3) is 7.47. The summed E-state index contributed by atoms with van der Waals surface area (Å²) in [5.74, 6) is -0.757. The molecule has 0 radical (unpaired) electrons. The predicted octanol–water partition coefficient (Wildman–Crippen LogP) is 1.31. The van der Waals surface area contributed by atoms with Crippen molar-refractivity contribution >= 4 is 30.4 Å². The van der Waals surface area contributed by atoms with Gasteiger partial charge in [0.25, 0.3) is 0 Å². The zero-order valence-electron chi connectivity index (χ0n) is 15.8. The van der Waals surface area contributed by atoms with Gasteiger partial charge in [0.15, 0.2) is 0 Å². The number of hydrogen-bond donors (Lipinski definition) is 4. The molecule has 0 bridgehead atoms. The van der Waals surface area contributed by atoms with Crippen molar-refractivity contribution in [3.8, 4) is 0 Å². The second kappa shape index (κ2) is 10.9. The first-order valence-electron chi connectivity index (χ1n) is 8.78. The van der Waals surface area contributed by atoms with Crippen LogP contribution in [-0.4, -0.2) is 42.1 Å². The zero-order valence-corrected chi connectivity index (χ0v) is 16.7. The van der Waals surface area contributed by atoms with E-state index in [1.165, 1.54) is 7.05 Å². The Bertz CT molecular complexity index is 605. The number of amides is 3. The summed E-state index contributed by atoms with van der Waals surface area (Å²) in [5.41, 5.74) is 0.940. The van der Waals surface area contributed by atoms with Gasteiger partial charge in [0, 0.05) is 13.5 Å². The average molecular weight is 380 g/mol. The fourth-order valence-corrected chi connectivity index (χ4v) is 2.58. The van der Waals surface area contributed by atoms with Gasteiger partial charge in [-0.15, -0.1) is 0 Å². The van der Waals surface area contributed by atoms with Gasteiger partial charge in [-0.05, 0) is 24.8 Å². The molecule has 0 aliphatic rings. The molecule has 26 heavy (non-hydrogen) atoms. The Hall–Kier alpha value is -2.02. The van der Waals surface area contributed by atoms with Gasteiger partial charge in [-0.2, -0.15) is 12.6 Å². The molecule has 0 fully saturated rings. The maximum atomic E-state index is 12.7. The fourth-order valence-electron chi connectivity index (χ4n) is 2.50. The van der Waals surface area contributed by atoms with Crippen LogP contribution in [0, 0.1) is 5.92 Å². The molecule has 0 saturated carbocycles. The summed E-state index contributed by atoms with van der Waals surface area (Å²) in [7, 11) is 1.53. The largest absolute Gasteiger partial charge is 0.357 e. The van der Waals surface area contributed by atoms with Crippen molar-refractivity contribution in [1.82, 2.24) is 16.0 Å². The maximum absolute atomic E-state index is 12.7. The van der Waals surface area contributed by atoms with Crippen LogP contribution in [0.4, 0.5) is 0 Å². The molecule has 0 heterocycles. The van der Waals surface area contributed by atoms with Crippen LogP contribution in [0.5, 0.6) is 0 Å². The number of likely N-dealkylation sites (N-methyl/N-ethyl adjacent to an activating group) is 1. The molecule has 3 amide bonds. The highest BCUT2D eigenvalue weighted by atomic mass is 32.1. The summed E-state index contributed by atoms with van der Waals surface area (Å²) >= 11 is 4.10. The summed E-state index contributed by atoms with van der Waals surface area (Å²) in [6.45, 7) is 5.58. The molecule has 0 aliphatic carbocycles. The smallest absolute Gasteiger partial charge is 0.243 e. The normalized spacial score (nSPS) is 14.2. The number of carbonyl (C=O) groups is 3. The summed E-state index contributed by atoms with van der Waals surface area (Å²) in [4.78, 5) is 36.9. The van der Waals surface area contributed by atoms with Gasteiger partial charge in [0.2, 0.25) is 17.7 Å². The summed E-state index contributed by atoms with van der Waals surface area (Å²) < 4.78 is 0. The van der Waals surface area contributed by atoms with Crippen LogP contribution in [0.25, 0.3) is 0 Å². The van der Waals surface area contributed by atoms with Gasteiger partial charge < -0.3 is 16.0 Å². The Morgan fingerprint density at radius 2 is 1.50 bits per heavy atom. The van der Waals surface area contributed by atoms with Gasteiger partial charge in [-0.3, -0.25) is 14.4 Å². The molecule has 7 heteroatoms. The second-order valence-electron chi connectivity index (χ2n) is 6.73. The first-order chi connectivity index (χ1) is 12.2. The predicted molar refractivity (Wildman–Crippen MR) is 106 cm³/mol. The van der Waals surface area contributed by atoms with Gasteiger partial charge in [-0.1, -0.05) is 44.2 Å². The van der Waals surface area contributed by atoms with Gasteiger partial charge in [0.1, 0.15) is 12.1 Å². The lowest BCUT2D eigenvalue weighted by atomic mass is 10.0. The van der Waals surface area contributed by atoms with E-state index in [-0.39, 0.29) is 23.6 Å². The van der Waals surface area contributed by atoms with Crippen molar-refractivity contribution in [1.29, 1.82) is 0 Å². The standard InChI is InChI=1S/C19H29N3O3S/c1-12(2)10-15(21-17(23)13(3)26)19(25)22-16(18(24)20-4)11-14-8-6-5-7-9-14/h5-9,12-13,15-16,26H,10-11H2,1-4H3,(H,20,24)(H,21,23)(H,22,25)/t13?,15-,16-/m0/s1. The first-order valence-corrected chi connectivity index (χ1v) is 9.30. The van der Waals surface area contributed by atoms with Crippen molar-refractivity contribution < 1.29 is 14.4 Å². The van der Waals surface area contributed by atoms with E-state index in [0.717, 1.165) is 5.56 Å². The number of rotatable bonds is 9. The molecule has 144 valence electrons. The van der Waals surface area contributed by atoms with Crippen molar-refractivity contribution in [2.75, 3.05) is 7.05 Å². The third-order valence-corrected chi connectivity index (χ3v) is 4.12. The quantitative estimate of drug-likeness (QED) is 0.488. The van der Waals surface area contributed by atoms with Crippen molar-refractivity contribution in [3.63, 3.8) is 0 Å². The summed E-state index contributed by atoms with van der Waals surface area (Å²) in [5, 5.41) is 7.55. The second-order valence-corrected chi connectivity index (χ2v) is 7.51. The topological polar surface area (TPSA) is 87.3 Å². The Balaban J connectivity index is 2.88. The lowest BCUT2D eigenvalue weighted by molar-refractivity contribution is -0.132. The molecule has 1 aromatic rings. The molecule has 0 saturated heterocycles. The lowest BCUT2D eigenvalue weighted by Gasteiger charge is -2.24. The van der Waals surface area contributed by atoms with E-state index in [1.54, 1.807) is 6.92 Å². The molecular weight excluding hydrogens is 350 g/mol. The Morgan fingerprint density at radius 1 is 0.923 bits per heavy atom. The molecule has 3 atom stereocenters. The lowest BCUT2D eigenvalue weighted by Crippen LogP contribution is -2.55. The molecule has 1 rings (SSSR count). The van der Waals surface area contributed by atoms with E-state index in [2.05, 4.69) is 28.6 Å². The van der Waals surface area contributed by atoms with E-state index >= 15 is 0 Å². The Labute approximate surface area is 160 Å². The van der Waals surface area contributed by atoms with Crippen molar-refractivity contribution in [3.05, 3.63) is 35.9 Å². The van der Waals surface area contributed by atoms with Crippen LogP contribution in [0.3, 0.4) is 0 Å². The summed E-state index contributed by atoms with van der Waals surface area (Å²) in [6.07, 6.45) is 0.849. The molecular formula is C19H29N3O3S. The molecule has 1 aromatic carbocycles. The highest BCUT2D eigenvalue weighted by Crippen LogP contribution is 2.08. The van der Waals surface area contributed by atoms with Gasteiger partial charge in [-0.25, -0.2) is 0 Å². The third-order valence-electron chi connectivity index (χ3n) is 3.88. The molecule has 1 unspecified atom stereocenters. The first kappa shape index (κ1) is 22.0.